The Bertz CT molecular complexity index is 852. The minimum Gasteiger partial charge on any atom is -0.489 e. The molecule has 2 aromatic rings. The van der Waals surface area contributed by atoms with E-state index in [-0.39, 0.29) is 36.2 Å². The van der Waals surface area contributed by atoms with Gasteiger partial charge in [0, 0.05) is 26.2 Å². The number of para-hydroxylation sites is 1. The number of guanidine groups is 1. The number of aliphatic imine (C=N–C) groups is 1. The van der Waals surface area contributed by atoms with Crippen LogP contribution in [-0.4, -0.2) is 54.4 Å². The van der Waals surface area contributed by atoms with Gasteiger partial charge in [-0.2, -0.15) is 0 Å². The van der Waals surface area contributed by atoms with Crippen molar-refractivity contribution in [3.63, 3.8) is 0 Å². The number of nitrogens with one attached hydrogen (secondary N) is 2. The first-order valence-electron chi connectivity index (χ1n) is 11.8. The number of halogens is 1. The van der Waals surface area contributed by atoms with Crippen LogP contribution in [0.3, 0.4) is 0 Å². The second-order valence-electron chi connectivity index (χ2n) is 8.59. The van der Waals surface area contributed by atoms with Gasteiger partial charge in [-0.15, -0.1) is 24.0 Å². The fraction of sp³-hybridized carbons (Fsp3) is 0.500. The van der Waals surface area contributed by atoms with Crippen LogP contribution < -0.4 is 15.4 Å². The maximum Gasteiger partial charge on any atom is 0.191 e. The number of benzene rings is 2. The molecule has 1 aliphatic heterocycles. The summed E-state index contributed by atoms with van der Waals surface area (Å²) in [5.74, 6) is 1.72. The number of piperidine rings is 1. The monoisotopic (exact) mass is 566 g/mol. The Hall–Kier alpha value is -1.84. The average molecular weight is 567 g/mol. The molecule has 3 N–H and O–H groups in total. The van der Waals surface area contributed by atoms with Gasteiger partial charge < -0.3 is 20.5 Å². The van der Waals surface area contributed by atoms with Gasteiger partial charge in [0.25, 0.3) is 0 Å². The fourth-order valence-electron chi connectivity index (χ4n) is 3.79. The summed E-state index contributed by atoms with van der Waals surface area (Å²) in [5, 5.41) is 16.4. The van der Waals surface area contributed by atoms with E-state index >= 15 is 0 Å². The van der Waals surface area contributed by atoms with Crippen LogP contribution in [0.2, 0.25) is 0 Å². The molecule has 2 aromatic carbocycles. The third-order valence-corrected chi connectivity index (χ3v) is 5.73. The van der Waals surface area contributed by atoms with E-state index < -0.39 is 0 Å². The molecule has 3 rings (SSSR count). The summed E-state index contributed by atoms with van der Waals surface area (Å²) in [6, 6.07) is 16.8. The predicted molar refractivity (Wildman–Crippen MR) is 146 cm³/mol. The van der Waals surface area contributed by atoms with Gasteiger partial charge >= 0.3 is 0 Å². The zero-order valence-corrected chi connectivity index (χ0v) is 22.4. The predicted octanol–water partition coefficient (Wildman–Crippen LogP) is 4.09. The summed E-state index contributed by atoms with van der Waals surface area (Å²) in [4.78, 5) is 7.14. The largest absolute Gasteiger partial charge is 0.489 e. The highest BCUT2D eigenvalue weighted by atomic mass is 127. The molecule has 0 amide bonds. The molecule has 7 heteroatoms. The smallest absolute Gasteiger partial charge is 0.191 e. The Morgan fingerprint density at radius 3 is 2.42 bits per heavy atom. The molecule has 1 heterocycles. The van der Waals surface area contributed by atoms with Crippen molar-refractivity contribution >= 4 is 29.9 Å². The lowest BCUT2D eigenvalue weighted by atomic mass is 10.1. The van der Waals surface area contributed by atoms with Gasteiger partial charge in [-0.05, 0) is 56.4 Å². The molecule has 0 saturated carbocycles. The van der Waals surface area contributed by atoms with Gasteiger partial charge in [0.1, 0.15) is 11.9 Å². The standard InChI is InChI=1S/C26H38N4O2.HI/c1-4-27-26(28-17-21(3)32-25-8-6-5-7-20(25)2)29-18-22-9-11-23(12-10-22)19-30-15-13-24(31)14-16-30;/h5-12,21,24,31H,4,13-19H2,1-3H3,(H2,27,28,29);1H. The zero-order valence-electron chi connectivity index (χ0n) is 20.1. The van der Waals surface area contributed by atoms with Gasteiger partial charge in [-0.25, -0.2) is 4.99 Å². The molecular formula is C26H39IN4O2. The number of aliphatic hydroxyl groups is 1. The van der Waals surface area contributed by atoms with Gasteiger partial charge in [-0.3, -0.25) is 4.90 Å². The van der Waals surface area contributed by atoms with E-state index in [9.17, 15) is 5.11 Å². The van der Waals surface area contributed by atoms with Crippen molar-refractivity contribution in [2.75, 3.05) is 26.2 Å². The third kappa shape index (κ3) is 9.51. The second-order valence-corrected chi connectivity index (χ2v) is 8.59. The van der Waals surface area contributed by atoms with Crippen LogP contribution in [0.25, 0.3) is 0 Å². The van der Waals surface area contributed by atoms with Crippen LogP contribution >= 0.6 is 24.0 Å². The molecule has 6 nitrogen and oxygen atoms in total. The van der Waals surface area contributed by atoms with Gasteiger partial charge in [0.05, 0.1) is 19.2 Å². The first-order valence-corrected chi connectivity index (χ1v) is 11.8. The van der Waals surface area contributed by atoms with Crippen molar-refractivity contribution < 1.29 is 9.84 Å². The van der Waals surface area contributed by atoms with Crippen molar-refractivity contribution in [1.29, 1.82) is 0 Å². The lowest BCUT2D eigenvalue weighted by molar-refractivity contribution is 0.0792. The van der Waals surface area contributed by atoms with E-state index in [4.69, 9.17) is 9.73 Å². The van der Waals surface area contributed by atoms with E-state index in [0.29, 0.717) is 13.1 Å². The normalized spacial score (nSPS) is 16.1. The van der Waals surface area contributed by atoms with E-state index in [2.05, 4.69) is 66.6 Å². The number of nitrogens with zero attached hydrogens (tertiary/aromatic N) is 2. The van der Waals surface area contributed by atoms with Gasteiger partial charge in [-0.1, -0.05) is 42.5 Å². The summed E-state index contributed by atoms with van der Waals surface area (Å²) < 4.78 is 6.05. The van der Waals surface area contributed by atoms with Crippen LogP contribution in [-0.2, 0) is 13.1 Å². The van der Waals surface area contributed by atoms with Gasteiger partial charge in [0.2, 0.25) is 0 Å². The summed E-state index contributed by atoms with van der Waals surface area (Å²) in [6.07, 6.45) is 1.65. The summed E-state index contributed by atoms with van der Waals surface area (Å²) >= 11 is 0. The molecule has 1 fully saturated rings. The van der Waals surface area contributed by atoms with Crippen LogP contribution in [0.1, 0.15) is 43.4 Å². The highest BCUT2D eigenvalue weighted by molar-refractivity contribution is 14.0. The molecule has 0 aliphatic carbocycles. The highest BCUT2D eigenvalue weighted by Gasteiger charge is 2.16. The molecule has 0 bridgehead atoms. The lowest BCUT2D eigenvalue weighted by Crippen LogP contribution is -2.41. The van der Waals surface area contributed by atoms with Crippen molar-refractivity contribution in [1.82, 2.24) is 15.5 Å². The zero-order chi connectivity index (χ0) is 22.8. The number of rotatable bonds is 9. The van der Waals surface area contributed by atoms with Crippen LogP contribution in [0.15, 0.2) is 53.5 Å². The molecule has 0 radical (unpaired) electrons. The quantitative estimate of drug-likeness (QED) is 0.243. The SMILES string of the molecule is CCNC(=NCc1ccc(CN2CCC(O)CC2)cc1)NCC(C)Oc1ccccc1C.I. The number of aliphatic hydroxyl groups excluding tert-OH is 1. The first kappa shape index (κ1) is 27.4. The molecule has 0 aromatic heterocycles. The van der Waals surface area contributed by atoms with Gasteiger partial charge in [0.15, 0.2) is 5.96 Å². The first-order chi connectivity index (χ1) is 15.5. The maximum absolute atomic E-state index is 9.66. The van der Waals surface area contributed by atoms with E-state index in [1.54, 1.807) is 0 Å². The number of hydrogen-bond donors (Lipinski definition) is 3. The number of ether oxygens (including phenoxy) is 1. The fourth-order valence-corrected chi connectivity index (χ4v) is 3.79. The number of hydrogen-bond acceptors (Lipinski definition) is 4. The molecule has 0 spiro atoms. The topological polar surface area (TPSA) is 69.1 Å². The Morgan fingerprint density at radius 1 is 1.09 bits per heavy atom. The van der Waals surface area contributed by atoms with E-state index in [1.165, 1.54) is 11.1 Å². The maximum atomic E-state index is 9.66. The van der Waals surface area contributed by atoms with Crippen molar-refractivity contribution in [2.45, 2.75) is 58.9 Å². The molecule has 1 saturated heterocycles. The average Bonchev–Trinajstić information content (AvgIpc) is 2.80. The number of likely N-dealkylation sites (tertiary alicyclic amines) is 1. The van der Waals surface area contributed by atoms with Crippen molar-refractivity contribution in [3.05, 3.63) is 65.2 Å². The molecular weight excluding hydrogens is 527 g/mol. The molecule has 182 valence electrons. The lowest BCUT2D eigenvalue weighted by Gasteiger charge is -2.29. The summed E-state index contributed by atoms with van der Waals surface area (Å²) in [7, 11) is 0. The molecule has 1 atom stereocenters. The summed E-state index contributed by atoms with van der Waals surface area (Å²) in [5.41, 5.74) is 3.63. The third-order valence-electron chi connectivity index (χ3n) is 5.73. The molecule has 33 heavy (non-hydrogen) atoms. The Kier molecular flexibility index (Phi) is 12.0. The molecule has 1 unspecified atom stereocenters. The minimum atomic E-state index is -0.122. The summed E-state index contributed by atoms with van der Waals surface area (Å²) in [6.45, 7) is 11.2. The Morgan fingerprint density at radius 2 is 1.76 bits per heavy atom. The van der Waals surface area contributed by atoms with Crippen molar-refractivity contribution in [3.8, 4) is 5.75 Å². The number of aryl methyl sites for hydroxylation is 1. The van der Waals surface area contributed by atoms with Crippen LogP contribution in [0.5, 0.6) is 5.75 Å². The Balaban J connectivity index is 0.00000385. The van der Waals surface area contributed by atoms with Crippen LogP contribution in [0, 0.1) is 6.92 Å². The van der Waals surface area contributed by atoms with E-state index in [1.807, 2.05) is 18.2 Å². The van der Waals surface area contributed by atoms with E-state index in [0.717, 1.165) is 56.3 Å². The Labute approximate surface area is 215 Å². The van der Waals surface area contributed by atoms with Crippen LogP contribution in [0.4, 0.5) is 0 Å². The highest BCUT2D eigenvalue weighted by Crippen LogP contribution is 2.17. The molecule has 1 aliphatic rings. The minimum absolute atomic E-state index is 0. The van der Waals surface area contributed by atoms with Crippen molar-refractivity contribution in [2.24, 2.45) is 4.99 Å². The second kappa shape index (κ2) is 14.4.